The van der Waals surface area contributed by atoms with Crippen molar-refractivity contribution in [1.82, 2.24) is 4.90 Å². The third-order valence-electron chi connectivity index (χ3n) is 5.43. The average Bonchev–Trinajstić information content (AvgIpc) is 3.05. The molecule has 1 N–H and O–H groups in total. The first kappa shape index (κ1) is 12.9. The van der Waals surface area contributed by atoms with Crippen LogP contribution in [0, 0.1) is 17.8 Å². The molecule has 0 aromatic heterocycles. The van der Waals surface area contributed by atoms with E-state index in [2.05, 4.69) is 0 Å². The second kappa shape index (κ2) is 4.58. The van der Waals surface area contributed by atoms with Crippen LogP contribution < -0.4 is 0 Å². The molecule has 2 unspecified atom stereocenters. The summed E-state index contributed by atoms with van der Waals surface area (Å²) >= 11 is 0. The molecule has 4 heteroatoms. The van der Waals surface area contributed by atoms with Gasteiger partial charge in [0.2, 0.25) is 5.91 Å². The quantitative estimate of drug-likeness (QED) is 0.909. The Hall–Kier alpha value is -1.84. The van der Waals surface area contributed by atoms with Gasteiger partial charge in [0.05, 0.1) is 5.56 Å². The van der Waals surface area contributed by atoms with Crippen LogP contribution in [0.2, 0.25) is 0 Å². The van der Waals surface area contributed by atoms with Gasteiger partial charge in [0.1, 0.15) is 0 Å². The second-order valence-electron chi connectivity index (χ2n) is 6.62. The lowest BCUT2D eigenvalue weighted by Crippen LogP contribution is -2.27. The van der Waals surface area contributed by atoms with Crippen LogP contribution in [0.3, 0.4) is 0 Å². The Morgan fingerprint density at radius 2 is 1.71 bits per heavy atom. The lowest BCUT2D eigenvalue weighted by Gasteiger charge is -2.15. The number of carboxylic acids is 1. The van der Waals surface area contributed by atoms with E-state index in [9.17, 15) is 9.59 Å². The smallest absolute Gasteiger partial charge is 0.335 e. The van der Waals surface area contributed by atoms with Crippen molar-refractivity contribution < 1.29 is 14.7 Å². The maximum absolute atomic E-state index is 12.7. The lowest BCUT2D eigenvalue weighted by atomic mass is 10.0. The number of nitrogens with zero attached hydrogens (tertiary/aromatic N) is 1. The highest BCUT2D eigenvalue weighted by atomic mass is 16.4. The molecule has 1 heterocycles. The normalized spacial score (nSPS) is 29.7. The standard InChI is InChI=1S/C17H19NO3/c19-16(15-13-3-1-2-4-14(13)15)18-8-11-6-5-10(17(20)21)7-12(11)9-18/h5-7,13-15H,1-4,8-9H2,(H,20,21). The summed E-state index contributed by atoms with van der Waals surface area (Å²) in [6.45, 7) is 1.22. The average molecular weight is 285 g/mol. The molecule has 3 aliphatic rings. The van der Waals surface area contributed by atoms with E-state index in [-0.39, 0.29) is 5.92 Å². The maximum atomic E-state index is 12.7. The van der Waals surface area contributed by atoms with Gasteiger partial charge in [-0.2, -0.15) is 0 Å². The van der Waals surface area contributed by atoms with E-state index < -0.39 is 5.97 Å². The number of benzene rings is 1. The molecule has 4 rings (SSSR count). The third kappa shape index (κ3) is 2.04. The highest BCUT2D eigenvalue weighted by Crippen LogP contribution is 2.56. The van der Waals surface area contributed by atoms with Gasteiger partial charge in [0.25, 0.3) is 0 Å². The van der Waals surface area contributed by atoms with E-state index in [0.29, 0.717) is 36.4 Å². The molecule has 4 nitrogen and oxygen atoms in total. The van der Waals surface area contributed by atoms with E-state index in [1.54, 1.807) is 12.1 Å². The zero-order valence-corrected chi connectivity index (χ0v) is 11.9. The molecule has 0 bridgehead atoms. The number of carboxylic acid groups (broad SMARTS) is 1. The Kier molecular flexibility index (Phi) is 2.81. The van der Waals surface area contributed by atoms with Crippen LogP contribution >= 0.6 is 0 Å². The summed E-state index contributed by atoms with van der Waals surface area (Å²) < 4.78 is 0. The van der Waals surface area contributed by atoms with Crippen LogP contribution in [-0.2, 0) is 17.9 Å². The second-order valence-corrected chi connectivity index (χ2v) is 6.62. The molecule has 1 aromatic carbocycles. The summed E-state index contributed by atoms with van der Waals surface area (Å²) in [5.74, 6) is 0.894. The summed E-state index contributed by atoms with van der Waals surface area (Å²) in [4.78, 5) is 25.6. The molecule has 0 spiro atoms. The predicted molar refractivity (Wildman–Crippen MR) is 76.6 cm³/mol. The minimum atomic E-state index is -0.907. The molecule has 1 amide bonds. The van der Waals surface area contributed by atoms with Crippen LogP contribution in [0.5, 0.6) is 0 Å². The summed E-state index contributed by atoms with van der Waals surface area (Å²) in [5, 5.41) is 9.05. The molecule has 0 saturated heterocycles. The molecule has 110 valence electrons. The predicted octanol–water partition coefficient (Wildman–Crippen LogP) is 2.66. The molecule has 1 aromatic rings. The Morgan fingerprint density at radius 1 is 1.05 bits per heavy atom. The van der Waals surface area contributed by atoms with Crippen molar-refractivity contribution in [2.75, 3.05) is 0 Å². The molecule has 21 heavy (non-hydrogen) atoms. The summed E-state index contributed by atoms with van der Waals surface area (Å²) in [5.41, 5.74) is 2.40. The summed E-state index contributed by atoms with van der Waals surface area (Å²) in [7, 11) is 0. The molecule has 1 aliphatic heterocycles. The van der Waals surface area contributed by atoms with Crippen LogP contribution in [0.15, 0.2) is 18.2 Å². The number of rotatable bonds is 2. The number of hydrogen-bond donors (Lipinski definition) is 1. The minimum Gasteiger partial charge on any atom is -0.478 e. The van der Waals surface area contributed by atoms with Gasteiger partial charge in [-0.1, -0.05) is 18.9 Å². The van der Waals surface area contributed by atoms with E-state index in [1.807, 2.05) is 11.0 Å². The van der Waals surface area contributed by atoms with Gasteiger partial charge in [-0.25, -0.2) is 4.79 Å². The van der Waals surface area contributed by atoms with Crippen molar-refractivity contribution in [3.8, 4) is 0 Å². The lowest BCUT2D eigenvalue weighted by molar-refractivity contribution is -0.133. The number of carbonyl (C=O) groups excluding carboxylic acids is 1. The first-order valence-corrected chi connectivity index (χ1v) is 7.79. The number of aromatic carboxylic acids is 1. The first-order chi connectivity index (χ1) is 10.1. The van der Waals surface area contributed by atoms with Crippen molar-refractivity contribution in [2.45, 2.75) is 38.8 Å². The van der Waals surface area contributed by atoms with Gasteiger partial charge < -0.3 is 10.0 Å². The highest BCUT2D eigenvalue weighted by Gasteiger charge is 2.56. The molecule has 2 saturated carbocycles. The molecule has 2 atom stereocenters. The number of amides is 1. The summed E-state index contributed by atoms with van der Waals surface area (Å²) in [6.07, 6.45) is 4.97. The van der Waals surface area contributed by atoms with Gasteiger partial charge in [-0.3, -0.25) is 4.79 Å². The SMILES string of the molecule is O=C(O)c1ccc2c(c1)CN(C(=O)C1C3CCCCC31)C2. The fourth-order valence-corrected chi connectivity index (χ4v) is 4.25. The van der Waals surface area contributed by atoms with E-state index >= 15 is 0 Å². The minimum absolute atomic E-state index is 0.251. The van der Waals surface area contributed by atoms with Crippen LogP contribution in [0.1, 0.15) is 47.2 Å². The van der Waals surface area contributed by atoms with Crippen LogP contribution in [-0.4, -0.2) is 21.9 Å². The molecular formula is C17H19NO3. The monoisotopic (exact) mass is 285 g/mol. The fraction of sp³-hybridized carbons (Fsp3) is 0.529. The van der Waals surface area contributed by atoms with E-state index in [4.69, 9.17) is 5.11 Å². The Labute approximate surface area is 123 Å². The van der Waals surface area contributed by atoms with Crippen LogP contribution in [0.25, 0.3) is 0 Å². The maximum Gasteiger partial charge on any atom is 0.335 e. The van der Waals surface area contributed by atoms with Crippen molar-refractivity contribution in [3.63, 3.8) is 0 Å². The Bertz CT molecular complexity index is 612. The fourth-order valence-electron chi connectivity index (χ4n) is 4.25. The molecule has 2 fully saturated rings. The Balaban J connectivity index is 1.49. The molecule has 2 aliphatic carbocycles. The summed E-state index contributed by atoms with van der Waals surface area (Å²) in [6, 6.07) is 5.20. The third-order valence-corrected chi connectivity index (χ3v) is 5.43. The largest absolute Gasteiger partial charge is 0.478 e. The number of carbonyl (C=O) groups is 2. The van der Waals surface area contributed by atoms with Gasteiger partial charge in [0, 0.05) is 19.0 Å². The van der Waals surface area contributed by atoms with E-state index in [0.717, 1.165) is 11.1 Å². The molecule has 0 radical (unpaired) electrons. The van der Waals surface area contributed by atoms with Crippen LogP contribution in [0.4, 0.5) is 0 Å². The molecular weight excluding hydrogens is 266 g/mol. The topological polar surface area (TPSA) is 57.6 Å². The zero-order chi connectivity index (χ0) is 14.6. The van der Waals surface area contributed by atoms with Gasteiger partial charge in [-0.05, 0) is 47.9 Å². The van der Waals surface area contributed by atoms with Gasteiger partial charge >= 0.3 is 5.97 Å². The van der Waals surface area contributed by atoms with Crippen molar-refractivity contribution in [3.05, 3.63) is 34.9 Å². The van der Waals surface area contributed by atoms with Gasteiger partial charge in [-0.15, -0.1) is 0 Å². The van der Waals surface area contributed by atoms with Crippen molar-refractivity contribution in [2.24, 2.45) is 17.8 Å². The van der Waals surface area contributed by atoms with Crippen molar-refractivity contribution in [1.29, 1.82) is 0 Å². The zero-order valence-electron chi connectivity index (χ0n) is 11.9. The van der Waals surface area contributed by atoms with Crippen molar-refractivity contribution >= 4 is 11.9 Å². The Morgan fingerprint density at radius 3 is 2.38 bits per heavy atom. The number of fused-ring (bicyclic) bond motifs is 2. The highest BCUT2D eigenvalue weighted by molar-refractivity contribution is 5.88. The van der Waals surface area contributed by atoms with Gasteiger partial charge in [0.15, 0.2) is 0 Å². The van der Waals surface area contributed by atoms with E-state index in [1.165, 1.54) is 25.7 Å². The number of hydrogen-bond acceptors (Lipinski definition) is 2. The first-order valence-electron chi connectivity index (χ1n) is 7.79.